The Balaban J connectivity index is 0. The van der Waals surface area contributed by atoms with Gasteiger partial charge in [0.2, 0.25) is 0 Å². The summed E-state index contributed by atoms with van der Waals surface area (Å²) < 4.78 is 0. The molecule has 0 rings (SSSR count). The molecular formula is C37H77IS. The van der Waals surface area contributed by atoms with Crippen LogP contribution in [-0.4, -0.2) is 17.8 Å². The van der Waals surface area contributed by atoms with Gasteiger partial charge in [0.15, 0.2) is 0 Å². The van der Waals surface area contributed by atoms with Gasteiger partial charge in [-0.1, -0.05) is 194 Å². The summed E-state index contributed by atoms with van der Waals surface area (Å²) in [7, 11) is 0.695. The average Bonchev–Trinajstić information content (AvgIpc) is 2.92. The summed E-state index contributed by atoms with van der Waals surface area (Å²) in [5, 5.41) is 0. The molecule has 0 aromatic rings. The van der Waals surface area contributed by atoms with E-state index in [4.69, 9.17) is 0 Å². The molecule has 0 aromatic heterocycles. The third-order valence-corrected chi connectivity index (χ3v) is 10.7. The first-order chi connectivity index (χ1) is 18.8. The number of unbranched alkanes of at least 4 members (excludes halogenated alkanes) is 30. The Labute approximate surface area is 270 Å². The van der Waals surface area contributed by atoms with Crippen LogP contribution in [-0.2, 0) is 10.9 Å². The molecule has 39 heavy (non-hydrogen) atoms. The van der Waals surface area contributed by atoms with Crippen molar-refractivity contribution in [2.75, 3.05) is 17.8 Å². The standard InChI is InChI=1S/C37H77S.HI/c1-4-6-8-10-12-14-16-18-20-22-24-26-28-30-32-34-36-38(3)37-35-33-31-29-27-25-23-21-19-17-15-13-11-9-7-5-2;/h4-37H2,1-3H3;1H/q+1;/p-1. The SMILES string of the molecule is CCCCCCCCCCCCCCCCCC[S+](C)CCCCCCCCCCCCCCCCCC.[I-]. The monoisotopic (exact) mass is 680 g/mol. The van der Waals surface area contributed by atoms with Gasteiger partial charge < -0.3 is 24.0 Å². The van der Waals surface area contributed by atoms with E-state index in [1.807, 2.05) is 0 Å². The van der Waals surface area contributed by atoms with Crippen LogP contribution in [0.1, 0.15) is 219 Å². The van der Waals surface area contributed by atoms with Crippen LogP contribution in [0.25, 0.3) is 0 Å². The fourth-order valence-electron chi connectivity index (χ4n) is 5.90. The van der Waals surface area contributed by atoms with E-state index in [-0.39, 0.29) is 24.0 Å². The van der Waals surface area contributed by atoms with Gasteiger partial charge in [-0.25, -0.2) is 0 Å². The maximum Gasteiger partial charge on any atom is 0.107 e. The van der Waals surface area contributed by atoms with Crippen LogP contribution in [0.2, 0.25) is 0 Å². The van der Waals surface area contributed by atoms with E-state index in [1.165, 1.54) is 217 Å². The molecule has 0 aliphatic rings. The smallest absolute Gasteiger partial charge is 0.107 e. The minimum atomic E-state index is 0. The molecule has 0 fully saturated rings. The first kappa shape index (κ1) is 42.2. The molecule has 0 atom stereocenters. The van der Waals surface area contributed by atoms with E-state index in [0.29, 0.717) is 10.9 Å². The average molecular weight is 681 g/mol. The lowest BCUT2D eigenvalue weighted by molar-refractivity contribution is -0.00000854. The minimum absolute atomic E-state index is 0. The minimum Gasteiger partial charge on any atom is -1.00 e. The van der Waals surface area contributed by atoms with Gasteiger partial charge in [-0.15, -0.1) is 0 Å². The van der Waals surface area contributed by atoms with Gasteiger partial charge in [0.1, 0.15) is 11.5 Å². The quantitative estimate of drug-likeness (QED) is 0.0361. The van der Waals surface area contributed by atoms with Crippen molar-refractivity contribution in [3.05, 3.63) is 0 Å². The molecule has 0 aromatic carbocycles. The highest BCUT2D eigenvalue weighted by atomic mass is 127. The second kappa shape index (κ2) is 39.1. The van der Waals surface area contributed by atoms with Gasteiger partial charge >= 0.3 is 0 Å². The molecule has 0 aliphatic carbocycles. The predicted molar refractivity (Wildman–Crippen MR) is 182 cm³/mol. The van der Waals surface area contributed by atoms with Gasteiger partial charge in [0, 0.05) is 0 Å². The largest absolute Gasteiger partial charge is 1.00 e. The third kappa shape index (κ3) is 39.1. The fraction of sp³-hybridized carbons (Fsp3) is 1.00. The zero-order valence-electron chi connectivity index (χ0n) is 27.8. The molecule has 0 bridgehead atoms. The van der Waals surface area contributed by atoms with Gasteiger partial charge in [0.25, 0.3) is 0 Å². The van der Waals surface area contributed by atoms with Crippen molar-refractivity contribution in [1.82, 2.24) is 0 Å². The normalized spacial score (nSPS) is 11.4. The molecule has 0 unspecified atom stereocenters. The molecule has 0 N–H and O–H groups in total. The van der Waals surface area contributed by atoms with Crippen LogP contribution in [0, 0.1) is 0 Å². The molecule has 0 nitrogen and oxygen atoms in total. The van der Waals surface area contributed by atoms with Crippen LogP contribution in [0.3, 0.4) is 0 Å². The molecule has 0 aliphatic heterocycles. The highest BCUT2D eigenvalue weighted by molar-refractivity contribution is 7.96. The predicted octanol–water partition coefficient (Wildman–Crippen LogP) is 10.8. The van der Waals surface area contributed by atoms with E-state index in [2.05, 4.69) is 20.1 Å². The summed E-state index contributed by atoms with van der Waals surface area (Å²) in [6, 6.07) is 0. The first-order valence-electron chi connectivity index (χ1n) is 18.4. The van der Waals surface area contributed by atoms with E-state index >= 15 is 0 Å². The molecule has 0 amide bonds. The third-order valence-electron chi connectivity index (χ3n) is 8.69. The van der Waals surface area contributed by atoms with Gasteiger partial charge in [0.05, 0.1) is 6.26 Å². The van der Waals surface area contributed by atoms with Crippen molar-refractivity contribution in [1.29, 1.82) is 0 Å². The first-order valence-corrected chi connectivity index (χ1v) is 20.4. The molecular weight excluding hydrogens is 603 g/mol. The van der Waals surface area contributed by atoms with E-state index in [0.717, 1.165) is 0 Å². The Bertz CT molecular complexity index is 363. The zero-order chi connectivity index (χ0) is 27.6. The number of halogens is 1. The number of hydrogen-bond acceptors (Lipinski definition) is 0. The summed E-state index contributed by atoms with van der Waals surface area (Å²) >= 11 is 0. The Hall–Kier alpha value is 1.08. The summed E-state index contributed by atoms with van der Waals surface area (Å²) in [4.78, 5) is 0. The maximum atomic E-state index is 2.54. The van der Waals surface area contributed by atoms with Crippen LogP contribution in [0.5, 0.6) is 0 Å². The lowest BCUT2D eigenvalue weighted by Gasteiger charge is -2.05. The van der Waals surface area contributed by atoms with Gasteiger partial charge in [-0.2, -0.15) is 0 Å². The second-order valence-corrected chi connectivity index (χ2v) is 15.2. The van der Waals surface area contributed by atoms with Gasteiger partial charge in [-0.3, -0.25) is 0 Å². The Morgan fingerprint density at radius 3 is 0.590 bits per heavy atom. The second-order valence-electron chi connectivity index (χ2n) is 12.8. The zero-order valence-corrected chi connectivity index (χ0v) is 30.8. The maximum absolute atomic E-state index is 2.54. The van der Waals surface area contributed by atoms with Crippen molar-refractivity contribution in [3.63, 3.8) is 0 Å². The molecule has 0 saturated carbocycles. The number of rotatable bonds is 34. The van der Waals surface area contributed by atoms with E-state index in [1.54, 1.807) is 0 Å². The summed E-state index contributed by atoms with van der Waals surface area (Å²) in [6.07, 6.45) is 49.9. The molecule has 2 heteroatoms. The van der Waals surface area contributed by atoms with Crippen LogP contribution < -0.4 is 24.0 Å². The van der Waals surface area contributed by atoms with Gasteiger partial charge in [-0.05, 0) is 36.6 Å². The van der Waals surface area contributed by atoms with Crippen LogP contribution in [0.4, 0.5) is 0 Å². The summed E-state index contributed by atoms with van der Waals surface area (Å²) in [5.74, 6) is 3.02. The summed E-state index contributed by atoms with van der Waals surface area (Å²) in [6.45, 7) is 4.62. The van der Waals surface area contributed by atoms with Crippen molar-refractivity contribution < 1.29 is 24.0 Å². The Morgan fingerprint density at radius 1 is 0.256 bits per heavy atom. The Kier molecular flexibility index (Phi) is 42.3. The van der Waals surface area contributed by atoms with Crippen molar-refractivity contribution in [3.8, 4) is 0 Å². The molecule has 0 radical (unpaired) electrons. The lowest BCUT2D eigenvalue weighted by atomic mass is 10.0. The molecule has 0 heterocycles. The molecule has 0 spiro atoms. The lowest BCUT2D eigenvalue weighted by Crippen LogP contribution is -3.00. The van der Waals surface area contributed by atoms with Crippen molar-refractivity contribution >= 4 is 10.9 Å². The number of hydrogen-bond donors (Lipinski definition) is 0. The molecule has 0 saturated heterocycles. The van der Waals surface area contributed by atoms with Crippen LogP contribution >= 0.6 is 0 Å². The fourth-order valence-corrected chi connectivity index (χ4v) is 7.49. The summed E-state index contributed by atoms with van der Waals surface area (Å²) in [5.41, 5.74) is 0. The van der Waals surface area contributed by atoms with E-state index in [9.17, 15) is 0 Å². The molecule has 238 valence electrons. The van der Waals surface area contributed by atoms with Crippen molar-refractivity contribution in [2.45, 2.75) is 219 Å². The topological polar surface area (TPSA) is 0 Å². The van der Waals surface area contributed by atoms with E-state index < -0.39 is 0 Å². The highest BCUT2D eigenvalue weighted by Crippen LogP contribution is 2.16. The van der Waals surface area contributed by atoms with Crippen LogP contribution in [0.15, 0.2) is 0 Å². The Morgan fingerprint density at radius 2 is 0.410 bits per heavy atom. The highest BCUT2D eigenvalue weighted by Gasteiger charge is 2.09. The van der Waals surface area contributed by atoms with Crippen molar-refractivity contribution in [2.24, 2.45) is 0 Å².